The van der Waals surface area contributed by atoms with Crippen LogP contribution in [-0.4, -0.2) is 72.1 Å². The van der Waals surface area contributed by atoms with Gasteiger partial charge < -0.3 is 24.8 Å². The lowest BCUT2D eigenvalue weighted by atomic mass is 9.98. The van der Waals surface area contributed by atoms with Gasteiger partial charge in [-0.3, -0.25) is 4.55 Å². The van der Waals surface area contributed by atoms with Gasteiger partial charge in [-0.05, 0) is 6.42 Å². The van der Waals surface area contributed by atoms with Crippen molar-refractivity contribution in [3.05, 3.63) is 0 Å². The topological polar surface area (TPSA) is 146 Å². The van der Waals surface area contributed by atoms with Gasteiger partial charge in [-0.2, -0.15) is 13.1 Å². The molecule has 9 nitrogen and oxygen atoms in total. The first-order chi connectivity index (χ1) is 8.80. The fourth-order valence-corrected chi connectivity index (χ4v) is 2.35. The van der Waals surface area contributed by atoms with E-state index in [-0.39, 0.29) is 6.61 Å². The van der Waals surface area contributed by atoms with E-state index in [2.05, 4.69) is 0 Å². The highest BCUT2D eigenvalue weighted by Crippen LogP contribution is 2.22. The second kappa shape index (κ2) is 6.90. The van der Waals surface area contributed by atoms with Crippen molar-refractivity contribution in [1.82, 2.24) is 4.72 Å². The minimum atomic E-state index is -4.61. The van der Waals surface area contributed by atoms with Crippen LogP contribution in [0, 0.1) is 0 Å². The quantitative estimate of drug-likeness (QED) is 0.342. The van der Waals surface area contributed by atoms with Crippen molar-refractivity contribution in [2.45, 2.75) is 44.0 Å². The molecular formula is C9H19NO8S. The molecule has 1 aliphatic heterocycles. The molecule has 0 bridgehead atoms. The third-order valence-electron chi connectivity index (χ3n) is 2.65. The van der Waals surface area contributed by atoms with E-state index in [1.807, 2.05) is 6.92 Å². The maximum atomic E-state index is 10.8. The third kappa shape index (κ3) is 4.61. The molecular weight excluding hydrogens is 282 g/mol. The van der Waals surface area contributed by atoms with Gasteiger partial charge in [0.2, 0.25) is 0 Å². The predicted molar refractivity (Wildman–Crippen MR) is 62.5 cm³/mol. The summed E-state index contributed by atoms with van der Waals surface area (Å²) in [6.45, 7) is 1.46. The summed E-state index contributed by atoms with van der Waals surface area (Å²) in [5.41, 5.74) is 0. The maximum Gasteiger partial charge on any atom is 0.333 e. The molecule has 0 spiro atoms. The summed E-state index contributed by atoms with van der Waals surface area (Å²) >= 11 is 0. The largest absolute Gasteiger partial charge is 0.394 e. The summed E-state index contributed by atoms with van der Waals surface area (Å²) in [4.78, 5) is 0. The molecule has 0 aliphatic carbocycles. The zero-order valence-electron chi connectivity index (χ0n) is 10.3. The fraction of sp³-hybridized carbons (Fsp3) is 1.00. The summed E-state index contributed by atoms with van der Waals surface area (Å²) in [5, 5.41) is 28.5. The molecule has 0 aromatic rings. The van der Waals surface area contributed by atoms with Gasteiger partial charge in [-0.15, -0.1) is 0 Å². The molecule has 1 heterocycles. The zero-order valence-corrected chi connectivity index (χ0v) is 11.2. The summed E-state index contributed by atoms with van der Waals surface area (Å²) in [7, 11) is -4.61. The van der Waals surface area contributed by atoms with Crippen LogP contribution in [0.3, 0.4) is 0 Å². The molecule has 1 rings (SSSR count). The molecule has 1 saturated heterocycles. The molecule has 1 fully saturated rings. The van der Waals surface area contributed by atoms with E-state index in [0.29, 0.717) is 6.42 Å². The lowest BCUT2D eigenvalue weighted by Crippen LogP contribution is -2.64. The SMILES string of the molecule is CCCO[C@H]1O[C@H](CO)[C@@H](O)[C@H](O)[C@H]1NS(=O)(=O)O. The number of hydrogen-bond donors (Lipinski definition) is 5. The second-order valence-electron chi connectivity index (χ2n) is 4.20. The first-order valence-corrected chi connectivity index (χ1v) is 7.23. The van der Waals surface area contributed by atoms with Crippen LogP contribution in [0.2, 0.25) is 0 Å². The van der Waals surface area contributed by atoms with Crippen molar-refractivity contribution in [2.75, 3.05) is 13.2 Å². The maximum absolute atomic E-state index is 10.8. The molecule has 19 heavy (non-hydrogen) atoms. The van der Waals surface area contributed by atoms with Crippen molar-refractivity contribution in [3.8, 4) is 0 Å². The van der Waals surface area contributed by atoms with Crippen LogP contribution >= 0.6 is 0 Å². The Labute approximate surface area is 111 Å². The Kier molecular flexibility index (Phi) is 6.08. The highest BCUT2D eigenvalue weighted by atomic mass is 32.2. The number of aliphatic hydroxyl groups excluding tert-OH is 3. The van der Waals surface area contributed by atoms with Crippen LogP contribution in [0.5, 0.6) is 0 Å². The van der Waals surface area contributed by atoms with E-state index >= 15 is 0 Å². The molecule has 0 unspecified atom stereocenters. The fourth-order valence-electron chi connectivity index (χ4n) is 1.76. The predicted octanol–water partition coefficient (Wildman–Crippen LogP) is -2.39. The number of rotatable bonds is 6. The smallest absolute Gasteiger partial charge is 0.333 e. The Morgan fingerprint density at radius 1 is 1.32 bits per heavy atom. The van der Waals surface area contributed by atoms with E-state index in [1.165, 1.54) is 0 Å². The number of hydrogen-bond acceptors (Lipinski definition) is 7. The normalized spacial score (nSPS) is 36.4. The molecule has 0 aromatic carbocycles. The summed E-state index contributed by atoms with van der Waals surface area (Å²) < 4.78 is 42.5. The van der Waals surface area contributed by atoms with Crippen LogP contribution in [-0.2, 0) is 19.8 Å². The number of ether oxygens (including phenoxy) is 2. The standard InChI is InChI=1S/C9H19NO8S/c1-2-3-17-9-6(10-19(14,15)16)8(13)7(12)5(4-11)18-9/h5-13H,2-4H2,1H3,(H,14,15,16)/t5-,6-,7-,8-,9+/m1/s1. The minimum Gasteiger partial charge on any atom is -0.394 e. The van der Waals surface area contributed by atoms with Gasteiger partial charge in [-0.25, -0.2) is 0 Å². The summed E-state index contributed by atoms with van der Waals surface area (Å²) in [6, 6.07) is -1.38. The molecule has 10 heteroatoms. The lowest BCUT2D eigenvalue weighted by Gasteiger charge is -2.41. The van der Waals surface area contributed by atoms with Crippen LogP contribution in [0.25, 0.3) is 0 Å². The van der Waals surface area contributed by atoms with Crippen molar-refractivity contribution in [2.24, 2.45) is 0 Å². The Balaban J connectivity index is 2.86. The molecule has 1 aliphatic rings. The summed E-state index contributed by atoms with van der Waals surface area (Å²) in [6.07, 6.45) is -4.81. The van der Waals surface area contributed by atoms with Crippen molar-refractivity contribution in [1.29, 1.82) is 0 Å². The van der Waals surface area contributed by atoms with Crippen LogP contribution in [0.15, 0.2) is 0 Å². The lowest BCUT2D eigenvalue weighted by molar-refractivity contribution is -0.268. The molecule has 0 radical (unpaired) electrons. The highest BCUT2D eigenvalue weighted by Gasteiger charge is 2.46. The van der Waals surface area contributed by atoms with Crippen LogP contribution in [0.4, 0.5) is 0 Å². The molecule has 5 N–H and O–H groups in total. The third-order valence-corrected chi connectivity index (χ3v) is 3.22. The van der Waals surface area contributed by atoms with Crippen LogP contribution in [0.1, 0.15) is 13.3 Å². The average molecular weight is 301 g/mol. The molecule has 5 atom stereocenters. The van der Waals surface area contributed by atoms with Gasteiger partial charge in [0.15, 0.2) is 6.29 Å². The number of aliphatic hydroxyl groups is 3. The molecule has 0 amide bonds. The van der Waals surface area contributed by atoms with E-state index in [9.17, 15) is 18.6 Å². The molecule has 114 valence electrons. The van der Waals surface area contributed by atoms with Gasteiger partial charge in [0.05, 0.1) is 6.61 Å². The van der Waals surface area contributed by atoms with E-state index in [4.69, 9.17) is 19.1 Å². The van der Waals surface area contributed by atoms with Crippen molar-refractivity contribution in [3.63, 3.8) is 0 Å². The summed E-state index contributed by atoms with van der Waals surface area (Å²) in [5.74, 6) is 0. The van der Waals surface area contributed by atoms with Crippen molar-refractivity contribution >= 4 is 10.3 Å². The number of nitrogens with one attached hydrogen (secondary N) is 1. The van der Waals surface area contributed by atoms with Gasteiger partial charge in [0.25, 0.3) is 0 Å². The van der Waals surface area contributed by atoms with Gasteiger partial charge >= 0.3 is 10.3 Å². The van der Waals surface area contributed by atoms with Gasteiger partial charge in [-0.1, -0.05) is 6.92 Å². The van der Waals surface area contributed by atoms with Gasteiger partial charge in [0, 0.05) is 6.61 Å². The van der Waals surface area contributed by atoms with E-state index in [1.54, 1.807) is 4.72 Å². The van der Waals surface area contributed by atoms with Crippen LogP contribution < -0.4 is 4.72 Å². The van der Waals surface area contributed by atoms with E-state index < -0.39 is 47.6 Å². The average Bonchev–Trinajstić information content (AvgIpc) is 2.33. The zero-order chi connectivity index (χ0) is 14.6. The Bertz CT molecular complexity index is 374. The van der Waals surface area contributed by atoms with E-state index in [0.717, 1.165) is 0 Å². The molecule has 0 aromatic heterocycles. The Morgan fingerprint density at radius 3 is 2.42 bits per heavy atom. The minimum absolute atomic E-state index is 0.218. The second-order valence-corrected chi connectivity index (χ2v) is 5.38. The highest BCUT2D eigenvalue weighted by molar-refractivity contribution is 7.83. The molecule has 0 saturated carbocycles. The Morgan fingerprint density at radius 2 is 1.95 bits per heavy atom. The Hall–Kier alpha value is -0.330. The van der Waals surface area contributed by atoms with Gasteiger partial charge in [0.1, 0.15) is 24.4 Å². The van der Waals surface area contributed by atoms with Crippen molar-refractivity contribution < 1.29 is 37.8 Å². The first-order valence-electron chi connectivity index (χ1n) is 5.79. The first kappa shape index (κ1) is 16.7. The monoisotopic (exact) mass is 301 g/mol.